The number of para-hydroxylation sites is 1. The molecule has 1 amide bonds. The van der Waals surface area contributed by atoms with Gasteiger partial charge in [-0.1, -0.05) is 31.0 Å². The predicted molar refractivity (Wildman–Crippen MR) is 89.4 cm³/mol. The molecule has 23 heavy (non-hydrogen) atoms. The van der Waals surface area contributed by atoms with Crippen LogP contribution in [0.15, 0.2) is 24.3 Å². The number of hydrogen-bond donors (Lipinski definition) is 0. The molecule has 4 nitrogen and oxygen atoms in total. The Morgan fingerprint density at radius 2 is 1.91 bits per heavy atom. The van der Waals surface area contributed by atoms with Crippen molar-refractivity contribution in [3.05, 3.63) is 29.8 Å². The molecule has 1 saturated carbocycles. The van der Waals surface area contributed by atoms with E-state index in [1.54, 1.807) is 7.11 Å². The molecule has 1 heterocycles. The third-order valence-electron chi connectivity index (χ3n) is 5.04. The fourth-order valence-corrected chi connectivity index (χ4v) is 3.74. The van der Waals surface area contributed by atoms with Crippen molar-refractivity contribution in [1.82, 2.24) is 4.90 Å². The van der Waals surface area contributed by atoms with Crippen LogP contribution in [-0.4, -0.2) is 36.7 Å². The zero-order valence-corrected chi connectivity index (χ0v) is 14.0. The van der Waals surface area contributed by atoms with Gasteiger partial charge in [0.15, 0.2) is 0 Å². The van der Waals surface area contributed by atoms with E-state index in [9.17, 15) is 4.79 Å². The normalized spacial score (nSPS) is 22.0. The molecular weight excluding hydrogens is 290 g/mol. The quantitative estimate of drug-likeness (QED) is 0.834. The SMILES string of the molecule is COc1ccccc1CN(C(=O)[C@@H]1CCCCO1)C1CCCC1. The second-order valence-corrected chi connectivity index (χ2v) is 6.57. The number of nitrogens with zero attached hydrogens (tertiary/aromatic N) is 1. The molecule has 1 aliphatic heterocycles. The number of methoxy groups -OCH3 is 1. The van der Waals surface area contributed by atoms with Crippen LogP contribution in [0.3, 0.4) is 0 Å². The maximum Gasteiger partial charge on any atom is 0.252 e. The lowest BCUT2D eigenvalue weighted by atomic mass is 10.0. The summed E-state index contributed by atoms with van der Waals surface area (Å²) in [5.74, 6) is 1.02. The minimum absolute atomic E-state index is 0.169. The van der Waals surface area contributed by atoms with E-state index in [-0.39, 0.29) is 12.0 Å². The molecule has 2 aliphatic rings. The van der Waals surface area contributed by atoms with Crippen LogP contribution in [0.25, 0.3) is 0 Å². The fraction of sp³-hybridized carbons (Fsp3) is 0.632. The highest BCUT2D eigenvalue weighted by molar-refractivity contribution is 5.81. The molecular formula is C19H27NO3. The Hall–Kier alpha value is -1.55. The lowest BCUT2D eigenvalue weighted by Crippen LogP contribution is -2.46. The second kappa shape index (κ2) is 7.82. The van der Waals surface area contributed by atoms with Crippen molar-refractivity contribution < 1.29 is 14.3 Å². The highest BCUT2D eigenvalue weighted by Gasteiger charge is 2.33. The van der Waals surface area contributed by atoms with E-state index in [0.717, 1.165) is 43.4 Å². The van der Waals surface area contributed by atoms with E-state index in [1.807, 2.05) is 18.2 Å². The molecule has 1 atom stereocenters. The van der Waals surface area contributed by atoms with Crippen LogP contribution in [0.4, 0.5) is 0 Å². The lowest BCUT2D eigenvalue weighted by Gasteiger charge is -2.34. The van der Waals surface area contributed by atoms with Crippen molar-refractivity contribution in [2.45, 2.75) is 63.6 Å². The van der Waals surface area contributed by atoms with Gasteiger partial charge in [-0.2, -0.15) is 0 Å². The smallest absolute Gasteiger partial charge is 0.252 e. The van der Waals surface area contributed by atoms with Crippen LogP contribution in [0.2, 0.25) is 0 Å². The Kier molecular flexibility index (Phi) is 5.55. The van der Waals surface area contributed by atoms with Crippen molar-refractivity contribution in [1.29, 1.82) is 0 Å². The topological polar surface area (TPSA) is 38.8 Å². The Morgan fingerprint density at radius 1 is 1.17 bits per heavy atom. The van der Waals surface area contributed by atoms with Gasteiger partial charge in [0.1, 0.15) is 11.9 Å². The number of rotatable bonds is 5. The maximum absolute atomic E-state index is 13.0. The summed E-state index contributed by atoms with van der Waals surface area (Å²) in [5, 5.41) is 0. The Bertz CT molecular complexity index is 519. The molecule has 2 fully saturated rings. The summed E-state index contributed by atoms with van der Waals surface area (Å²) >= 11 is 0. The predicted octanol–water partition coefficient (Wildman–Crippen LogP) is 3.54. The van der Waals surface area contributed by atoms with Gasteiger partial charge in [-0.05, 0) is 38.2 Å². The van der Waals surface area contributed by atoms with Gasteiger partial charge in [0.25, 0.3) is 5.91 Å². The van der Waals surface area contributed by atoms with Gasteiger partial charge in [-0.15, -0.1) is 0 Å². The average molecular weight is 317 g/mol. The first-order chi connectivity index (χ1) is 11.3. The number of benzene rings is 1. The van der Waals surface area contributed by atoms with Gasteiger partial charge in [0, 0.05) is 24.8 Å². The molecule has 4 heteroatoms. The largest absolute Gasteiger partial charge is 0.496 e. The van der Waals surface area contributed by atoms with Gasteiger partial charge >= 0.3 is 0 Å². The van der Waals surface area contributed by atoms with Crippen LogP contribution < -0.4 is 4.74 Å². The van der Waals surface area contributed by atoms with Crippen LogP contribution in [-0.2, 0) is 16.1 Å². The fourth-order valence-electron chi connectivity index (χ4n) is 3.74. The first-order valence-corrected chi connectivity index (χ1v) is 8.83. The molecule has 126 valence electrons. The van der Waals surface area contributed by atoms with Crippen LogP contribution >= 0.6 is 0 Å². The highest BCUT2D eigenvalue weighted by atomic mass is 16.5. The molecule has 1 aromatic rings. The maximum atomic E-state index is 13.0. The van der Waals surface area contributed by atoms with Gasteiger partial charge in [0.2, 0.25) is 0 Å². The minimum atomic E-state index is -0.251. The van der Waals surface area contributed by atoms with Crippen molar-refractivity contribution >= 4 is 5.91 Å². The van der Waals surface area contributed by atoms with Crippen LogP contribution in [0, 0.1) is 0 Å². The van der Waals surface area contributed by atoms with Gasteiger partial charge < -0.3 is 14.4 Å². The number of hydrogen-bond acceptors (Lipinski definition) is 3. The van der Waals surface area contributed by atoms with Crippen molar-refractivity contribution in [2.24, 2.45) is 0 Å². The first-order valence-electron chi connectivity index (χ1n) is 8.83. The van der Waals surface area contributed by atoms with E-state index in [0.29, 0.717) is 19.2 Å². The number of ether oxygens (including phenoxy) is 2. The summed E-state index contributed by atoms with van der Waals surface area (Å²) < 4.78 is 11.2. The van der Waals surface area contributed by atoms with E-state index in [1.165, 1.54) is 12.8 Å². The van der Waals surface area contributed by atoms with Crippen LogP contribution in [0.5, 0.6) is 5.75 Å². The minimum Gasteiger partial charge on any atom is -0.496 e. The third-order valence-corrected chi connectivity index (χ3v) is 5.04. The zero-order chi connectivity index (χ0) is 16.1. The lowest BCUT2D eigenvalue weighted by molar-refractivity contribution is -0.149. The van der Waals surface area contributed by atoms with Crippen molar-refractivity contribution in [3.63, 3.8) is 0 Å². The molecule has 0 unspecified atom stereocenters. The average Bonchev–Trinajstić information content (AvgIpc) is 3.14. The highest BCUT2D eigenvalue weighted by Crippen LogP contribution is 2.29. The zero-order valence-electron chi connectivity index (χ0n) is 14.0. The second-order valence-electron chi connectivity index (χ2n) is 6.57. The molecule has 1 aromatic carbocycles. The molecule has 0 aromatic heterocycles. The summed E-state index contributed by atoms with van der Waals surface area (Å²) in [7, 11) is 1.69. The first kappa shape index (κ1) is 16.3. The molecule has 1 saturated heterocycles. The number of carbonyl (C=O) groups excluding carboxylic acids is 1. The van der Waals surface area contributed by atoms with E-state index in [4.69, 9.17) is 9.47 Å². The Morgan fingerprint density at radius 3 is 2.61 bits per heavy atom. The number of carbonyl (C=O) groups is 1. The van der Waals surface area contributed by atoms with Crippen molar-refractivity contribution in [3.8, 4) is 5.75 Å². The van der Waals surface area contributed by atoms with E-state index in [2.05, 4.69) is 11.0 Å². The van der Waals surface area contributed by atoms with Crippen molar-refractivity contribution in [2.75, 3.05) is 13.7 Å². The summed E-state index contributed by atoms with van der Waals surface area (Å²) in [6, 6.07) is 8.33. The molecule has 3 rings (SSSR count). The molecule has 0 bridgehead atoms. The molecule has 0 N–H and O–H groups in total. The Labute approximate surface area is 138 Å². The summed E-state index contributed by atoms with van der Waals surface area (Å²) in [6.07, 6.45) is 7.40. The van der Waals surface area contributed by atoms with Gasteiger partial charge in [-0.25, -0.2) is 0 Å². The monoisotopic (exact) mass is 317 g/mol. The van der Waals surface area contributed by atoms with E-state index >= 15 is 0 Å². The summed E-state index contributed by atoms with van der Waals surface area (Å²) in [5.41, 5.74) is 1.08. The Balaban J connectivity index is 1.78. The van der Waals surface area contributed by atoms with Gasteiger partial charge in [-0.3, -0.25) is 4.79 Å². The summed E-state index contributed by atoms with van der Waals surface area (Å²) in [4.78, 5) is 15.1. The number of amides is 1. The third kappa shape index (κ3) is 3.86. The summed E-state index contributed by atoms with van der Waals surface area (Å²) in [6.45, 7) is 1.33. The molecule has 1 aliphatic carbocycles. The van der Waals surface area contributed by atoms with Gasteiger partial charge in [0.05, 0.1) is 7.11 Å². The standard InChI is InChI=1S/C19H27NO3/c1-22-17-11-5-2-8-15(17)14-20(16-9-3-4-10-16)19(21)18-12-6-7-13-23-18/h2,5,8,11,16,18H,3-4,6-7,9-10,12-14H2,1H3/t18-/m0/s1. The van der Waals surface area contributed by atoms with E-state index < -0.39 is 0 Å². The molecule has 0 spiro atoms. The van der Waals surface area contributed by atoms with Crippen LogP contribution in [0.1, 0.15) is 50.5 Å². The molecule has 0 radical (unpaired) electrons.